The third-order valence-corrected chi connectivity index (χ3v) is 4.75. The number of nitrogens with one attached hydrogen (secondary N) is 1. The summed E-state index contributed by atoms with van der Waals surface area (Å²) in [6.07, 6.45) is 0. The molecule has 0 aliphatic rings. The fraction of sp³-hybridized carbons (Fsp3) is 0.0588. The molecule has 0 radical (unpaired) electrons. The molecule has 10 nitrogen and oxygen atoms in total. The van der Waals surface area contributed by atoms with Gasteiger partial charge in [0.25, 0.3) is 5.56 Å². The second-order valence-corrected chi connectivity index (χ2v) is 7.35. The summed E-state index contributed by atoms with van der Waals surface area (Å²) in [7, 11) is -3.94. The molecule has 4 N–H and O–H groups in total. The first-order chi connectivity index (χ1) is 13.2. The van der Waals surface area contributed by atoms with E-state index in [1.54, 1.807) is 19.1 Å². The lowest BCUT2D eigenvalue weighted by Crippen LogP contribution is -2.16. The predicted molar refractivity (Wildman–Crippen MR) is 100 cm³/mol. The van der Waals surface area contributed by atoms with Gasteiger partial charge in [0, 0.05) is 0 Å². The maximum atomic E-state index is 12.7. The first-order valence-corrected chi connectivity index (χ1v) is 9.42. The maximum absolute atomic E-state index is 12.7. The maximum Gasteiger partial charge on any atom is 0.337 e. The molecule has 0 bridgehead atoms. The number of hydrogen-bond acceptors (Lipinski definition) is 6. The normalized spacial score (nSPS) is 11.8. The summed E-state index contributed by atoms with van der Waals surface area (Å²) < 4.78 is 24.1. The number of aromatic nitrogens is 2. The minimum Gasteiger partial charge on any atom is -0.478 e. The van der Waals surface area contributed by atoms with E-state index in [1.807, 2.05) is 0 Å². The van der Waals surface area contributed by atoms with Gasteiger partial charge in [-0.2, -0.15) is 0 Å². The first kappa shape index (κ1) is 19.2. The number of aryl methyl sites for hydroxylation is 1. The van der Waals surface area contributed by atoms with Gasteiger partial charge in [0.05, 0.1) is 21.8 Å². The van der Waals surface area contributed by atoms with Crippen LogP contribution in [0.4, 0.5) is 11.4 Å². The van der Waals surface area contributed by atoms with E-state index in [-0.39, 0.29) is 27.5 Å². The third kappa shape index (κ3) is 3.75. The number of carboxylic acid groups (broad SMARTS) is 1. The number of carbonyl (C=O) groups is 1. The summed E-state index contributed by atoms with van der Waals surface area (Å²) in [5.41, 5.74) is 0.0230. The molecule has 3 aromatic rings. The van der Waals surface area contributed by atoms with E-state index in [9.17, 15) is 23.1 Å². The van der Waals surface area contributed by atoms with Crippen LogP contribution in [-0.2, 0) is 10.0 Å². The number of aromatic amines is 1. The van der Waals surface area contributed by atoms with Gasteiger partial charge in [-0.1, -0.05) is 18.2 Å². The predicted octanol–water partition coefficient (Wildman–Crippen LogP) is 2.24. The Hall–Kier alpha value is -3.57. The number of carboxylic acids is 1. The number of primary sulfonamides is 1. The Kier molecular flexibility index (Phi) is 4.94. The number of sulfonamides is 1. The molecule has 1 aromatic heterocycles. The largest absolute Gasteiger partial charge is 0.478 e. The molecule has 28 heavy (non-hydrogen) atoms. The van der Waals surface area contributed by atoms with Crippen molar-refractivity contribution in [3.05, 3.63) is 70.1 Å². The minimum absolute atomic E-state index is 0.0406. The molecule has 0 fully saturated rings. The van der Waals surface area contributed by atoms with Crippen LogP contribution in [0.25, 0.3) is 5.69 Å². The fourth-order valence-corrected chi connectivity index (χ4v) is 3.04. The van der Waals surface area contributed by atoms with Crippen LogP contribution in [-0.4, -0.2) is 29.3 Å². The van der Waals surface area contributed by atoms with Crippen molar-refractivity contribution in [3.8, 4) is 5.69 Å². The number of hydrogen-bond donors (Lipinski definition) is 3. The molecule has 0 unspecified atom stereocenters. The molecular weight excluding hydrogens is 386 g/mol. The summed E-state index contributed by atoms with van der Waals surface area (Å²) in [4.78, 5) is 23.8. The molecule has 0 aliphatic heterocycles. The highest BCUT2D eigenvalue weighted by Gasteiger charge is 2.15. The summed E-state index contributed by atoms with van der Waals surface area (Å²) >= 11 is 0. The molecule has 0 amide bonds. The van der Waals surface area contributed by atoms with Gasteiger partial charge in [0.1, 0.15) is 5.69 Å². The van der Waals surface area contributed by atoms with Crippen LogP contribution in [0.1, 0.15) is 16.1 Å². The lowest BCUT2D eigenvalue weighted by Gasteiger charge is -2.03. The average Bonchev–Trinajstić information content (AvgIpc) is 2.93. The van der Waals surface area contributed by atoms with Gasteiger partial charge in [-0.3, -0.25) is 9.89 Å². The van der Waals surface area contributed by atoms with Gasteiger partial charge in [-0.15, -0.1) is 10.2 Å². The standard InChI is InChI=1S/C17H15N5O5S/c1-10-15(20-19-14-8-3-2-7-13(14)17(24)25)16(23)22(21-10)11-5-4-6-12(9-11)28(18,26)27/h2-9,21H,1H3,(H,24,25)(H2,18,26,27). The van der Waals surface area contributed by atoms with Gasteiger partial charge in [-0.25, -0.2) is 23.0 Å². The van der Waals surface area contributed by atoms with Crippen LogP contribution in [0.5, 0.6) is 0 Å². The Balaban J connectivity index is 2.05. The van der Waals surface area contributed by atoms with E-state index >= 15 is 0 Å². The molecule has 2 aromatic carbocycles. The van der Waals surface area contributed by atoms with Crippen molar-refractivity contribution >= 4 is 27.4 Å². The SMILES string of the molecule is Cc1[nH]n(-c2cccc(S(N)(=O)=O)c2)c(=O)c1N=Nc1ccccc1C(=O)O. The van der Waals surface area contributed by atoms with Gasteiger partial charge >= 0.3 is 5.97 Å². The number of azo groups is 1. The van der Waals surface area contributed by atoms with Crippen LogP contribution in [0, 0.1) is 6.92 Å². The molecule has 11 heteroatoms. The van der Waals surface area contributed by atoms with Crippen LogP contribution in [0.15, 0.2) is 68.4 Å². The van der Waals surface area contributed by atoms with Gasteiger partial charge in [0.2, 0.25) is 10.0 Å². The minimum atomic E-state index is -3.94. The van der Waals surface area contributed by atoms with Gasteiger partial charge < -0.3 is 5.11 Å². The van der Waals surface area contributed by atoms with Crippen molar-refractivity contribution in [1.29, 1.82) is 0 Å². The highest BCUT2D eigenvalue weighted by atomic mass is 32.2. The van der Waals surface area contributed by atoms with Crippen LogP contribution in [0.3, 0.4) is 0 Å². The first-order valence-electron chi connectivity index (χ1n) is 7.87. The summed E-state index contributed by atoms with van der Waals surface area (Å²) in [5, 5.41) is 24.9. The topological polar surface area (TPSA) is 160 Å². The number of nitrogens with zero attached hydrogens (tertiary/aromatic N) is 3. The molecule has 0 saturated carbocycles. The third-order valence-electron chi connectivity index (χ3n) is 3.84. The van der Waals surface area contributed by atoms with Crippen LogP contribution in [0.2, 0.25) is 0 Å². The highest BCUT2D eigenvalue weighted by Crippen LogP contribution is 2.23. The van der Waals surface area contributed by atoms with E-state index in [2.05, 4.69) is 15.3 Å². The quantitative estimate of drug-likeness (QED) is 0.558. The lowest BCUT2D eigenvalue weighted by molar-refractivity contribution is 0.0697. The zero-order chi connectivity index (χ0) is 20.5. The number of benzene rings is 2. The van der Waals surface area contributed by atoms with E-state index in [4.69, 9.17) is 5.14 Å². The Morgan fingerprint density at radius 1 is 1.14 bits per heavy atom. The summed E-state index contributed by atoms with van der Waals surface area (Å²) in [5.74, 6) is -1.17. The molecule has 144 valence electrons. The van der Waals surface area contributed by atoms with E-state index in [0.717, 1.165) is 4.68 Å². The Bertz CT molecular complexity index is 1260. The van der Waals surface area contributed by atoms with Crippen molar-refractivity contribution in [2.24, 2.45) is 15.4 Å². The molecule has 0 saturated heterocycles. The van der Waals surface area contributed by atoms with Crippen molar-refractivity contribution < 1.29 is 18.3 Å². The van der Waals surface area contributed by atoms with Gasteiger partial charge in [-0.05, 0) is 37.3 Å². The number of rotatable bonds is 5. The molecule has 1 heterocycles. The number of nitrogens with two attached hydrogens (primary N) is 1. The van der Waals surface area contributed by atoms with Gasteiger partial charge in [0.15, 0.2) is 5.69 Å². The van der Waals surface area contributed by atoms with Crippen molar-refractivity contribution in [2.75, 3.05) is 0 Å². The van der Waals surface area contributed by atoms with E-state index in [1.165, 1.54) is 36.4 Å². The van der Waals surface area contributed by atoms with Crippen LogP contribution < -0.4 is 10.7 Å². The Morgan fingerprint density at radius 3 is 2.54 bits per heavy atom. The summed E-state index contributed by atoms with van der Waals surface area (Å²) in [6, 6.07) is 11.5. The second-order valence-electron chi connectivity index (χ2n) is 5.79. The Morgan fingerprint density at radius 2 is 1.86 bits per heavy atom. The summed E-state index contributed by atoms with van der Waals surface area (Å²) in [6.45, 7) is 1.58. The average molecular weight is 401 g/mol. The zero-order valence-corrected chi connectivity index (χ0v) is 15.3. The van der Waals surface area contributed by atoms with Crippen LogP contribution >= 0.6 is 0 Å². The molecule has 0 spiro atoms. The number of aromatic carboxylic acids is 1. The molecule has 0 aliphatic carbocycles. The zero-order valence-electron chi connectivity index (χ0n) is 14.5. The lowest BCUT2D eigenvalue weighted by atomic mass is 10.2. The van der Waals surface area contributed by atoms with E-state index in [0.29, 0.717) is 5.69 Å². The monoisotopic (exact) mass is 401 g/mol. The molecule has 0 atom stereocenters. The van der Waals surface area contributed by atoms with E-state index < -0.39 is 21.6 Å². The van der Waals surface area contributed by atoms with Crippen molar-refractivity contribution in [1.82, 2.24) is 9.78 Å². The fourth-order valence-electron chi connectivity index (χ4n) is 2.48. The Labute approximate surface area is 159 Å². The van der Waals surface area contributed by atoms with Crippen molar-refractivity contribution in [2.45, 2.75) is 11.8 Å². The smallest absolute Gasteiger partial charge is 0.337 e. The second kappa shape index (κ2) is 7.21. The molecular formula is C17H15N5O5S. The van der Waals surface area contributed by atoms with Crippen molar-refractivity contribution in [3.63, 3.8) is 0 Å². The molecule has 3 rings (SSSR count). The highest BCUT2D eigenvalue weighted by molar-refractivity contribution is 7.89. The number of H-pyrrole nitrogens is 1.